The molecule has 0 saturated carbocycles. The van der Waals surface area contributed by atoms with Gasteiger partial charge in [0.1, 0.15) is 0 Å². The maximum absolute atomic E-state index is 11.9. The predicted octanol–water partition coefficient (Wildman–Crippen LogP) is 3.05. The second-order valence-corrected chi connectivity index (χ2v) is 5.09. The molecule has 0 saturated heterocycles. The van der Waals surface area contributed by atoms with Crippen LogP contribution in [0.1, 0.15) is 40.5 Å². The van der Waals surface area contributed by atoms with Gasteiger partial charge in [0.2, 0.25) is 5.91 Å². The van der Waals surface area contributed by atoms with Gasteiger partial charge in [0, 0.05) is 23.8 Å². The van der Waals surface area contributed by atoms with E-state index in [4.69, 9.17) is 0 Å². The fourth-order valence-electron chi connectivity index (χ4n) is 1.28. The van der Waals surface area contributed by atoms with Gasteiger partial charge in [0.15, 0.2) is 0 Å². The first kappa shape index (κ1) is 13.9. The van der Waals surface area contributed by atoms with Gasteiger partial charge in [-0.1, -0.05) is 36.2 Å². The monoisotopic (exact) mass is 263 g/mol. The summed E-state index contributed by atoms with van der Waals surface area (Å²) >= 11 is 3.43. The zero-order valence-electron chi connectivity index (χ0n) is 9.93. The van der Waals surface area contributed by atoms with E-state index in [1.165, 1.54) is 0 Å². The molecule has 0 aromatic rings. The van der Waals surface area contributed by atoms with E-state index in [0.29, 0.717) is 0 Å². The molecular formula is C11H22BrNO. The topological polar surface area (TPSA) is 20.3 Å². The molecule has 1 amide bonds. The number of carbonyl (C=O) groups excluding carboxylic acids is 1. The summed E-state index contributed by atoms with van der Waals surface area (Å²) in [6.45, 7) is 8.25. The summed E-state index contributed by atoms with van der Waals surface area (Å²) in [6, 6.07) is 0. The summed E-state index contributed by atoms with van der Waals surface area (Å²) in [5.41, 5.74) is -0.0981. The van der Waals surface area contributed by atoms with Crippen molar-refractivity contribution in [3.05, 3.63) is 0 Å². The van der Waals surface area contributed by atoms with Gasteiger partial charge in [-0.05, 0) is 20.3 Å². The summed E-state index contributed by atoms with van der Waals surface area (Å²) < 4.78 is 0. The lowest BCUT2D eigenvalue weighted by atomic mass is 10.0. The van der Waals surface area contributed by atoms with Gasteiger partial charge in [-0.2, -0.15) is 0 Å². The SMILES string of the molecule is CCCC(C)C(=O)N(C)C(C)(C)CBr. The van der Waals surface area contributed by atoms with Crippen LogP contribution in [0.15, 0.2) is 0 Å². The lowest BCUT2D eigenvalue weighted by Crippen LogP contribution is -2.48. The minimum Gasteiger partial charge on any atom is -0.340 e. The van der Waals surface area contributed by atoms with Crippen LogP contribution in [0.2, 0.25) is 0 Å². The molecule has 0 fully saturated rings. The van der Waals surface area contributed by atoms with Crippen molar-refractivity contribution in [1.29, 1.82) is 0 Å². The number of hydrogen-bond donors (Lipinski definition) is 0. The smallest absolute Gasteiger partial charge is 0.225 e. The standard InChI is InChI=1S/C11H22BrNO/c1-6-7-9(2)10(14)13(5)11(3,4)8-12/h9H,6-8H2,1-5H3. The Bertz CT molecular complexity index is 192. The predicted molar refractivity (Wildman–Crippen MR) is 64.7 cm³/mol. The van der Waals surface area contributed by atoms with E-state index in [2.05, 4.69) is 36.7 Å². The van der Waals surface area contributed by atoms with Crippen LogP contribution in [0, 0.1) is 5.92 Å². The van der Waals surface area contributed by atoms with Gasteiger partial charge >= 0.3 is 0 Å². The summed E-state index contributed by atoms with van der Waals surface area (Å²) in [5.74, 6) is 0.389. The van der Waals surface area contributed by atoms with Crippen LogP contribution in [0.4, 0.5) is 0 Å². The zero-order chi connectivity index (χ0) is 11.4. The van der Waals surface area contributed by atoms with E-state index < -0.39 is 0 Å². The van der Waals surface area contributed by atoms with Crippen LogP contribution in [-0.4, -0.2) is 28.7 Å². The van der Waals surface area contributed by atoms with Gasteiger partial charge in [-0.25, -0.2) is 0 Å². The molecule has 1 atom stereocenters. The number of nitrogens with zero attached hydrogens (tertiary/aromatic N) is 1. The fraction of sp³-hybridized carbons (Fsp3) is 0.909. The van der Waals surface area contributed by atoms with E-state index in [0.717, 1.165) is 18.2 Å². The minimum absolute atomic E-state index is 0.0981. The highest BCUT2D eigenvalue weighted by molar-refractivity contribution is 9.09. The largest absolute Gasteiger partial charge is 0.340 e. The first-order chi connectivity index (χ1) is 6.36. The lowest BCUT2D eigenvalue weighted by Gasteiger charge is -2.35. The molecule has 2 nitrogen and oxygen atoms in total. The summed E-state index contributed by atoms with van der Waals surface area (Å²) in [5, 5.41) is 0.807. The van der Waals surface area contributed by atoms with E-state index in [1.807, 2.05) is 18.9 Å². The van der Waals surface area contributed by atoms with Crippen LogP contribution in [0.3, 0.4) is 0 Å². The van der Waals surface area contributed by atoms with Gasteiger partial charge in [-0.15, -0.1) is 0 Å². The molecule has 0 aliphatic carbocycles. The maximum Gasteiger partial charge on any atom is 0.225 e. The molecule has 0 N–H and O–H groups in total. The Kier molecular flexibility index (Phi) is 5.72. The van der Waals surface area contributed by atoms with E-state index in [-0.39, 0.29) is 17.4 Å². The van der Waals surface area contributed by atoms with Crippen molar-refractivity contribution in [2.75, 3.05) is 12.4 Å². The summed E-state index contributed by atoms with van der Waals surface area (Å²) in [6.07, 6.45) is 2.04. The Morgan fingerprint density at radius 2 is 2.00 bits per heavy atom. The van der Waals surface area contributed by atoms with Crippen LogP contribution in [0.25, 0.3) is 0 Å². The Balaban J connectivity index is 4.38. The highest BCUT2D eigenvalue weighted by Crippen LogP contribution is 2.19. The van der Waals surface area contributed by atoms with Crippen molar-refractivity contribution in [2.24, 2.45) is 5.92 Å². The Hall–Kier alpha value is -0.0500. The molecule has 84 valence electrons. The molecule has 3 heteroatoms. The number of halogens is 1. The lowest BCUT2D eigenvalue weighted by molar-refractivity contribution is -0.137. The van der Waals surface area contributed by atoms with Crippen molar-refractivity contribution in [1.82, 2.24) is 4.90 Å². The first-order valence-corrected chi connectivity index (χ1v) is 6.32. The Labute approximate surface area is 96.2 Å². The molecule has 0 radical (unpaired) electrons. The molecule has 14 heavy (non-hydrogen) atoms. The molecule has 0 spiro atoms. The number of hydrogen-bond acceptors (Lipinski definition) is 1. The van der Waals surface area contributed by atoms with Gasteiger partial charge < -0.3 is 4.90 Å². The number of amides is 1. The summed E-state index contributed by atoms with van der Waals surface area (Å²) in [4.78, 5) is 13.8. The Morgan fingerprint density at radius 1 is 1.50 bits per heavy atom. The van der Waals surface area contributed by atoms with Crippen LogP contribution < -0.4 is 0 Å². The number of alkyl halides is 1. The molecule has 0 aromatic carbocycles. The van der Waals surface area contributed by atoms with Gasteiger partial charge in [0.05, 0.1) is 0 Å². The van der Waals surface area contributed by atoms with Crippen LogP contribution in [-0.2, 0) is 4.79 Å². The quantitative estimate of drug-likeness (QED) is 0.699. The zero-order valence-corrected chi connectivity index (χ0v) is 11.5. The average molecular weight is 264 g/mol. The molecule has 0 aliphatic rings. The van der Waals surface area contributed by atoms with E-state index in [1.54, 1.807) is 0 Å². The number of rotatable bonds is 5. The van der Waals surface area contributed by atoms with E-state index in [9.17, 15) is 4.79 Å². The third kappa shape index (κ3) is 3.60. The molecule has 0 rings (SSSR count). The highest BCUT2D eigenvalue weighted by Gasteiger charge is 2.28. The second-order valence-electron chi connectivity index (χ2n) is 4.53. The average Bonchev–Trinajstić information content (AvgIpc) is 2.15. The van der Waals surface area contributed by atoms with Crippen molar-refractivity contribution in [3.8, 4) is 0 Å². The first-order valence-electron chi connectivity index (χ1n) is 5.20. The molecule has 0 heterocycles. The van der Waals surface area contributed by atoms with Crippen molar-refractivity contribution >= 4 is 21.8 Å². The maximum atomic E-state index is 11.9. The normalized spacial score (nSPS) is 13.9. The van der Waals surface area contributed by atoms with Crippen LogP contribution >= 0.6 is 15.9 Å². The molecule has 1 unspecified atom stereocenters. The Morgan fingerprint density at radius 3 is 2.36 bits per heavy atom. The number of carbonyl (C=O) groups is 1. The van der Waals surface area contributed by atoms with Gasteiger partial charge in [0.25, 0.3) is 0 Å². The highest BCUT2D eigenvalue weighted by atomic mass is 79.9. The van der Waals surface area contributed by atoms with Crippen LogP contribution in [0.5, 0.6) is 0 Å². The third-order valence-electron chi connectivity index (χ3n) is 2.71. The second kappa shape index (κ2) is 5.74. The summed E-state index contributed by atoms with van der Waals surface area (Å²) in [7, 11) is 1.88. The van der Waals surface area contributed by atoms with Crippen molar-refractivity contribution < 1.29 is 4.79 Å². The molecule has 0 aliphatic heterocycles. The van der Waals surface area contributed by atoms with Gasteiger partial charge in [-0.3, -0.25) is 4.79 Å². The van der Waals surface area contributed by atoms with Crippen molar-refractivity contribution in [3.63, 3.8) is 0 Å². The molecular weight excluding hydrogens is 242 g/mol. The fourth-order valence-corrected chi connectivity index (χ4v) is 1.65. The molecule has 0 aromatic heterocycles. The minimum atomic E-state index is -0.0981. The van der Waals surface area contributed by atoms with E-state index >= 15 is 0 Å². The molecule has 0 bridgehead atoms. The third-order valence-corrected chi connectivity index (χ3v) is 4.08. The van der Waals surface area contributed by atoms with Crippen molar-refractivity contribution in [2.45, 2.75) is 46.1 Å².